The average molecular weight is 385 g/mol. The van der Waals surface area contributed by atoms with Crippen molar-refractivity contribution in [3.63, 3.8) is 0 Å². The molecule has 0 aliphatic carbocycles. The Morgan fingerprint density at radius 1 is 1.07 bits per heavy atom. The second-order valence-corrected chi connectivity index (χ2v) is 7.50. The molecule has 0 fully saturated rings. The van der Waals surface area contributed by atoms with Crippen molar-refractivity contribution in [2.75, 3.05) is 0 Å². The molecule has 4 rings (SSSR count). The summed E-state index contributed by atoms with van der Waals surface area (Å²) < 4.78 is 46.3. The van der Waals surface area contributed by atoms with Crippen LogP contribution in [0.4, 0.5) is 13.2 Å². The first-order valence-electron chi connectivity index (χ1n) is 8.92. The minimum absolute atomic E-state index is 0.0339. The van der Waals surface area contributed by atoms with Crippen LogP contribution in [0.15, 0.2) is 47.7 Å². The number of benzene rings is 1. The summed E-state index contributed by atoms with van der Waals surface area (Å²) in [4.78, 5) is 12.4. The SMILES string of the molecule is CC1(C)CC(Cc2ccc(F)nc2)N=C(c2cnc3c(F)c(F)ccc3c2)O1. The van der Waals surface area contributed by atoms with Crippen LogP contribution in [0.2, 0.25) is 0 Å². The van der Waals surface area contributed by atoms with E-state index in [1.54, 1.807) is 12.1 Å². The zero-order chi connectivity index (χ0) is 19.9. The molecular formula is C21H18F3N3O. The number of hydrogen-bond donors (Lipinski definition) is 0. The van der Waals surface area contributed by atoms with E-state index in [0.29, 0.717) is 29.7 Å². The van der Waals surface area contributed by atoms with Crippen LogP contribution in [0.3, 0.4) is 0 Å². The molecule has 0 radical (unpaired) electrons. The lowest BCUT2D eigenvalue weighted by atomic mass is 9.93. The van der Waals surface area contributed by atoms with E-state index in [4.69, 9.17) is 4.74 Å². The molecule has 3 aromatic rings. The van der Waals surface area contributed by atoms with Crippen LogP contribution in [0.1, 0.15) is 31.4 Å². The Morgan fingerprint density at radius 3 is 2.64 bits per heavy atom. The predicted octanol–water partition coefficient (Wildman–Crippen LogP) is 4.60. The molecule has 0 bridgehead atoms. The molecule has 0 saturated heterocycles. The van der Waals surface area contributed by atoms with E-state index in [2.05, 4.69) is 15.0 Å². The van der Waals surface area contributed by atoms with Crippen molar-refractivity contribution in [3.8, 4) is 0 Å². The number of halogens is 3. The van der Waals surface area contributed by atoms with Gasteiger partial charge < -0.3 is 4.74 Å². The molecule has 4 nitrogen and oxygen atoms in total. The summed E-state index contributed by atoms with van der Waals surface area (Å²) in [6.07, 6.45) is 4.20. The van der Waals surface area contributed by atoms with E-state index in [0.717, 1.165) is 11.6 Å². The van der Waals surface area contributed by atoms with E-state index in [1.165, 1.54) is 24.5 Å². The predicted molar refractivity (Wildman–Crippen MR) is 99.7 cm³/mol. The van der Waals surface area contributed by atoms with Gasteiger partial charge in [-0.05, 0) is 50.1 Å². The summed E-state index contributed by atoms with van der Waals surface area (Å²) in [5.74, 6) is -2.03. The lowest BCUT2D eigenvalue weighted by Crippen LogP contribution is -2.38. The largest absolute Gasteiger partial charge is 0.471 e. The highest BCUT2D eigenvalue weighted by atomic mass is 19.2. The van der Waals surface area contributed by atoms with Gasteiger partial charge in [-0.1, -0.05) is 6.07 Å². The normalized spacial score (nSPS) is 18.6. The highest BCUT2D eigenvalue weighted by Gasteiger charge is 2.32. The van der Waals surface area contributed by atoms with Crippen molar-refractivity contribution in [1.82, 2.24) is 9.97 Å². The highest BCUT2D eigenvalue weighted by molar-refractivity contribution is 5.98. The van der Waals surface area contributed by atoms with Gasteiger partial charge in [0.05, 0.1) is 11.6 Å². The minimum Gasteiger partial charge on any atom is -0.471 e. The average Bonchev–Trinajstić information content (AvgIpc) is 2.65. The highest BCUT2D eigenvalue weighted by Crippen LogP contribution is 2.29. The van der Waals surface area contributed by atoms with Crippen molar-refractivity contribution < 1.29 is 17.9 Å². The Kier molecular flexibility index (Phi) is 4.53. The van der Waals surface area contributed by atoms with Crippen molar-refractivity contribution in [3.05, 3.63) is 71.4 Å². The van der Waals surface area contributed by atoms with Gasteiger partial charge in [0.15, 0.2) is 11.6 Å². The standard InChI is InChI=1S/C21H18F3N3O/c1-21(2)9-15(7-12-3-6-17(23)25-10-12)27-20(28-21)14-8-13-4-5-16(22)18(24)19(13)26-11-14/h3-6,8,10-11,15H,7,9H2,1-2H3. The summed E-state index contributed by atoms with van der Waals surface area (Å²) in [5.41, 5.74) is 0.960. The van der Waals surface area contributed by atoms with Crippen molar-refractivity contribution in [1.29, 1.82) is 0 Å². The first-order chi connectivity index (χ1) is 13.3. The summed E-state index contributed by atoms with van der Waals surface area (Å²) in [6, 6.07) is 7.15. The fourth-order valence-corrected chi connectivity index (χ4v) is 3.42. The van der Waals surface area contributed by atoms with E-state index in [-0.39, 0.29) is 11.6 Å². The van der Waals surface area contributed by atoms with Gasteiger partial charge in [-0.3, -0.25) is 4.98 Å². The molecule has 0 N–H and O–H groups in total. The van der Waals surface area contributed by atoms with E-state index >= 15 is 0 Å². The molecule has 28 heavy (non-hydrogen) atoms. The van der Waals surface area contributed by atoms with Crippen LogP contribution in [0.25, 0.3) is 10.9 Å². The quantitative estimate of drug-likeness (QED) is 0.619. The van der Waals surface area contributed by atoms with Crippen LogP contribution >= 0.6 is 0 Å². The number of hydrogen-bond acceptors (Lipinski definition) is 4. The molecule has 1 atom stereocenters. The zero-order valence-corrected chi connectivity index (χ0v) is 15.4. The monoisotopic (exact) mass is 385 g/mol. The number of ether oxygens (including phenoxy) is 1. The molecule has 144 valence electrons. The van der Waals surface area contributed by atoms with Gasteiger partial charge in [0, 0.05) is 24.2 Å². The third-order valence-corrected chi connectivity index (χ3v) is 4.65. The van der Waals surface area contributed by atoms with Crippen molar-refractivity contribution in [2.45, 2.75) is 38.3 Å². The molecule has 1 aliphatic heterocycles. The number of aromatic nitrogens is 2. The molecule has 0 saturated carbocycles. The summed E-state index contributed by atoms with van der Waals surface area (Å²) >= 11 is 0. The fraction of sp³-hybridized carbons (Fsp3) is 0.286. The van der Waals surface area contributed by atoms with Crippen LogP contribution in [-0.2, 0) is 11.2 Å². The Balaban J connectivity index is 1.68. The topological polar surface area (TPSA) is 47.4 Å². The lowest BCUT2D eigenvalue weighted by molar-refractivity contribution is 0.0634. The molecule has 3 heterocycles. The van der Waals surface area contributed by atoms with Crippen LogP contribution < -0.4 is 0 Å². The van der Waals surface area contributed by atoms with Gasteiger partial charge in [-0.15, -0.1) is 0 Å². The molecule has 2 aromatic heterocycles. The van der Waals surface area contributed by atoms with E-state index in [9.17, 15) is 13.2 Å². The van der Waals surface area contributed by atoms with Crippen LogP contribution in [0, 0.1) is 17.6 Å². The Bertz CT molecular complexity index is 1060. The molecule has 1 aliphatic rings. The third kappa shape index (κ3) is 3.69. The molecule has 7 heteroatoms. The molecule has 0 spiro atoms. The minimum atomic E-state index is -0.974. The van der Waals surface area contributed by atoms with Crippen molar-refractivity contribution >= 4 is 16.8 Å². The van der Waals surface area contributed by atoms with Gasteiger partial charge in [0.1, 0.15) is 11.1 Å². The van der Waals surface area contributed by atoms with Gasteiger partial charge in [-0.2, -0.15) is 4.39 Å². The maximum absolute atomic E-state index is 13.9. The van der Waals surface area contributed by atoms with Crippen molar-refractivity contribution in [2.24, 2.45) is 4.99 Å². The van der Waals surface area contributed by atoms with Gasteiger partial charge in [0.25, 0.3) is 0 Å². The number of rotatable bonds is 3. The van der Waals surface area contributed by atoms with Gasteiger partial charge >= 0.3 is 0 Å². The van der Waals surface area contributed by atoms with Gasteiger partial charge in [-0.25, -0.2) is 18.8 Å². The molecule has 1 aromatic carbocycles. The van der Waals surface area contributed by atoms with Crippen LogP contribution in [0.5, 0.6) is 0 Å². The smallest absolute Gasteiger partial charge is 0.218 e. The Labute approximate surface area is 160 Å². The summed E-state index contributed by atoms with van der Waals surface area (Å²) in [6.45, 7) is 3.92. The molecule has 0 amide bonds. The second kappa shape index (κ2) is 6.89. The fourth-order valence-electron chi connectivity index (χ4n) is 3.42. The number of nitrogens with zero attached hydrogens (tertiary/aromatic N) is 3. The Morgan fingerprint density at radius 2 is 1.89 bits per heavy atom. The van der Waals surface area contributed by atoms with Crippen LogP contribution in [-0.4, -0.2) is 27.5 Å². The maximum atomic E-state index is 13.9. The first kappa shape index (κ1) is 18.4. The zero-order valence-electron chi connectivity index (χ0n) is 15.4. The summed E-state index contributed by atoms with van der Waals surface area (Å²) in [5, 5.41) is 0.463. The molecular weight excluding hydrogens is 367 g/mol. The van der Waals surface area contributed by atoms with E-state index in [1.807, 2.05) is 13.8 Å². The maximum Gasteiger partial charge on any atom is 0.218 e. The van der Waals surface area contributed by atoms with Gasteiger partial charge in [0.2, 0.25) is 11.8 Å². The number of pyridine rings is 2. The third-order valence-electron chi connectivity index (χ3n) is 4.65. The number of fused-ring (bicyclic) bond motifs is 1. The molecule has 1 unspecified atom stereocenters. The Hall–Kier alpha value is -2.96. The van der Waals surface area contributed by atoms with E-state index < -0.39 is 23.2 Å². The lowest BCUT2D eigenvalue weighted by Gasteiger charge is -2.34. The first-order valence-corrected chi connectivity index (χ1v) is 8.92. The number of aliphatic imine (C=N–C) groups is 1. The second-order valence-electron chi connectivity index (χ2n) is 7.50. The summed E-state index contributed by atoms with van der Waals surface area (Å²) in [7, 11) is 0.